The molecule has 1 rings (SSSR count). The third-order valence-corrected chi connectivity index (χ3v) is 3.10. The van der Waals surface area contributed by atoms with Gasteiger partial charge in [0.05, 0.1) is 24.7 Å². The highest BCUT2D eigenvalue weighted by Gasteiger charge is 2.50. The number of carbonyl (C=O) groups excluding carboxylic acids is 2. The lowest BCUT2D eigenvalue weighted by Gasteiger charge is -2.34. The Bertz CT molecular complexity index is 358. The van der Waals surface area contributed by atoms with E-state index >= 15 is 0 Å². The van der Waals surface area contributed by atoms with Gasteiger partial charge >= 0.3 is 6.09 Å². The Morgan fingerprint density at radius 3 is 2.28 bits per heavy atom. The van der Waals surface area contributed by atoms with E-state index in [2.05, 4.69) is 0 Å². The molecule has 0 bridgehead atoms. The summed E-state index contributed by atoms with van der Waals surface area (Å²) in [5.74, 6) is -1.39. The van der Waals surface area contributed by atoms with Crippen LogP contribution in [0.2, 0.25) is 0 Å². The maximum Gasteiger partial charge on any atom is 0.410 e. The minimum atomic E-state index is -1.39. The van der Waals surface area contributed by atoms with Crippen LogP contribution in [-0.2, 0) is 9.53 Å². The molecule has 1 saturated heterocycles. The van der Waals surface area contributed by atoms with Crippen LogP contribution < -0.4 is 5.11 Å². The average molecular weight is 258 g/mol. The zero-order valence-electron chi connectivity index (χ0n) is 11.4. The minimum absolute atomic E-state index is 0.0689. The van der Waals surface area contributed by atoms with Crippen LogP contribution in [0.15, 0.2) is 0 Å². The second kappa shape index (κ2) is 4.42. The Labute approximate surface area is 107 Å². The molecule has 0 spiro atoms. The molecule has 1 fully saturated rings. The van der Waals surface area contributed by atoms with Gasteiger partial charge in [-0.3, -0.25) is 4.90 Å². The molecular formula is C12H20NO5-. The highest BCUT2D eigenvalue weighted by atomic mass is 16.6. The number of likely N-dealkylation sites (tertiary alicyclic amines) is 1. The van der Waals surface area contributed by atoms with E-state index in [4.69, 9.17) is 4.74 Å². The topological polar surface area (TPSA) is 89.9 Å². The Balaban J connectivity index is 2.96. The maximum absolute atomic E-state index is 11.9. The van der Waals surface area contributed by atoms with Crippen LogP contribution in [0.5, 0.6) is 0 Å². The van der Waals surface area contributed by atoms with Crippen LogP contribution in [0.4, 0.5) is 4.79 Å². The highest BCUT2D eigenvalue weighted by molar-refractivity contribution is 5.81. The van der Waals surface area contributed by atoms with Crippen molar-refractivity contribution < 1.29 is 24.5 Å². The third kappa shape index (κ3) is 2.75. The standard InChI is InChI=1S/C12H21NO5/c1-11(2,3)18-10(17)13-6-7(14)12(4,5)8(13)9(15)16/h7-8,14H,6H2,1-5H3,(H,15,16)/p-1/t7-,8+/m0/s1. The Morgan fingerprint density at radius 2 is 1.89 bits per heavy atom. The number of carboxylic acid groups (broad SMARTS) is 1. The molecule has 18 heavy (non-hydrogen) atoms. The van der Waals surface area contributed by atoms with Crippen molar-refractivity contribution in [2.45, 2.75) is 52.4 Å². The van der Waals surface area contributed by atoms with Gasteiger partial charge in [-0.1, -0.05) is 13.8 Å². The number of carboxylic acids is 1. The second-order valence-corrected chi connectivity index (χ2v) is 6.19. The summed E-state index contributed by atoms with van der Waals surface area (Å²) in [7, 11) is 0. The summed E-state index contributed by atoms with van der Waals surface area (Å²) in [6.07, 6.45) is -1.67. The molecule has 6 heteroatoms. The van der Waals surface area contributed by atoms with E-state index < -0.39 is 35.2 Å². The van der Waals surface area contributed by atoms with Crippen LogP contribution >= 0.6 is 0 Å². The quantitative estimate of drug-likeness (QED) is 0.700. The molecular weight excluding hydrogens is 238 g/mol. The lowest BCUT2D eigenvalue weighted by atomic mass is 9.82. The maximum atomic E-state index is 11.9. The SMILES string of the molecule is CC(C)(C)OC(=O)N1C[C@H](O)C(C)(C)[C@H]1C(=O)[O-]. The molecule has 2 atom stereocenters. The monoisotopic (exact) mass is 258 g/mol. The van der Waals surface area contributed by atoms with Crippen molar-refractivity contribution in [3.63, 3.8) is 0 Å². The molecule has 6 nitrogen and oxygen atoms in total. The minimum Gasteiger partial charge on any atom is -0.548 e. The highest BCUT2D eigenvalue weighted by Crippen LogP contribution is 2.36. The smallest absolute Gasteiger partial charge is 0.410 e. The lowest BCUT2D eigenvalue weighted by Crippen LogP contribution is -2.53. The number of β-amino-alcohol motifs (C(OH)–C–C–N with tert-alkyl or cyclic N) is 1. The molecule has 0 aromatic carbocycles. The van der Waals surface area contributed by atoms with Gasteiger partial charge in [0.25, 0.3) is 0 Å². The van der Waals surface area contributed by atoms with E-state index in [1.807, 2.05) is 0 Å². The number of aliphatic hydroxyl groups excluding tert-OH is 1. The number of amides is 1. The largest absolute Gasteiger partial charge is 0.548 e. The number of rotatable bonds is 1. The Hall–Kier alpha value is -1.30. The number of ether oxygens (including phenoxy) is 1. The van der Waals surface area contributed by atoms with Crippen LogP contribution in [0, 0.1) is 5.41 Å². The molecule has 0 saturated carbocycles. The van der Waals surface area contributed by atoms with Crippen molar-refractivity contribution in [3.05, 3.63) is 0 Å². The molecule has 0 aliphatic carbocycles. The first-order valence-electron chi connectivity index (χ1n) is 5.85. The molecule has 0 aromatic rings. The lowest BCUT2D eigenvalue weighted by molar-refractivity contribution is -0.313. The predicted octanol–water partition coefficient (Wildman–Crippen LogP) is -0.257. The molecule has 0 aromatic heterocycles. The van der Waals surface area contributed by atoms with Gasteiger partial charge in [-0.15, -0.1) is 0 Å². The zero-order chi connectivity index (χ0) is 14.3. The number of aliphatic carboxylic acids is 1. The molecule has 104 valence electrons. The van der Waals surface area contributed by atoms with E-state index in [0.29, 0.717) is 0 Å². The van der Waals surface area contributed by atoms with Crippen LogP contribution in [0.1, 0.15) is 34.6 Å². The number of carbonyl (C=O) groups is 2. The summed E-state index contributed by atoms with van der Waals surface area (Å²) < 4.78 is 5.13. The van der Waals surface area contributed by atoms with E-state index in [9.17, 15) is 19.8 Å². The first kappa shape index (κ1) is 14.8. The number of aliphatic hydroxyl groups is 1. The summed E-state index contributed by atoms with van der Waals surface area (Å²) in [4.78, 5) is 24.1. The van der Waals surface area contributed by atoms with E-state index in [1.54, 1.807) is 34.6 Å². The normalized spacial score (nSPS) is 27.1. The fourth-order valence-corrected chi connectivity index (χ4v) is 2.04. The van der Waals surface area contributed by atoms with E-state index in [0.717, 1.165) is 4.90 Å². The summed E-state index contributed by atoms with van der Waals surface area (Å²) in [6, 6.07) is -1.19. The van der Waals surface area contributed by atoms with E-state index in [-0.39, 0.29) is 6.54 Å². The van der Waals surface area contributed by atoms with Crippen molar-refractivity contribution in [2.75, 3.05) is 6.54 Å². The molecule has 0 radical (unpaired) electrons. The van der Waals surface area contributed by atoms with Crippen LogP contribution in [0.25, 0.3) is 0 Å². The third-order valence-electron chi connectivity index (χ3n) is 3.10. The fraction of sp³-hybridized carbons (Fsp3) is 0.833. The van der Waals surface area contributed by atoms with Crippen molar-refractivity contribution >= 4 is 12.1 Å². The second-order valence-electron chi connectivity index (χ2n) is 6.19. The molecule has 1 aliphatic rings. The number of hydrogen-bond donors (Lipinski definition) is 1. The van der Waals surface area contributed by atoms with Gasteiger partial charge in [-0.2, -0.15) is 0 Å². The molecule has 1 heterocycles. The molecule has 1 amide bonds. The van der Waals surface area contributed by atoms with E-state index in [1.165, 1.54) is 0 Å². The average Bonchev–Trinajstić information content (AvgIpc) is 2.35. The van der Waals surface area contributed by atoms with Gasteiger partial charge in [0.15, 0.2) is 0 Å². The summed E-state index contributed by atoms with van der Waals surface area (Å²) in [5, 5.41) is 21.0. The van der Waals surface area contributed by atoms with Crippen molar-refractivity contribution in [3.8, 4) is 0 Å². The first-order valence-corrected chi connectivity index (χ1v) is 5.85. The zero-order valence-corrected chi connectivity index (χ0v) is 11.4. The van der Waals surface area contributed by atoms with Gasteiger partial charge in [-0.25, -0.2) is 4.79 Å². The Morgan fingerprint density at radius 1 is 1.39 bits per heavy atom. The number of hydrogen-bond acceptors (Lipinski definition) is 5. The van der Waals surface area contributed by atoms with Crippen molar-refractivity contribution in [1.82, 2.24) is 4.90 Å². The Kier molecular flexibility index (Phi) is 3.63. The number of nitrogens with zero attached hydrogens (tertiary/aromatic N) is 1. The van der Waals surface area contributed by atoms with Crippen LogP contribution in [0.3, 0.4) is 0 Å². The molecule has 0 unspecified atom stereocenters. The fourth-order valence-electron chi connectivity index (χ4n) is 2.04. The van der Waals surface area contributed by atoms with Crippen molar-refractivity contribution in [2.24, 2.45) is 5.41 Å². The van der Waals surface area contributed by atoms with Gasteiger partial charge in [0.1, 0.15) is 5.60 Å². The van der Waals surface area contributed by atoms with Gasteiger partial charge in [-0.05, 0) is 20.8 Å². The summed E-state index contributed by atoms with van der Waals surface area (Å²) in [5.41, 5.74) is -1.68. The molecule has 1 aliphatic heterocycles. The van der Waals surface area contributed by atoms with Gasteiger partial charge in [0, 0.05) is 5.41 Å². The van der Waals surface area contributed by atoms with Gasteiger partial charge in [0.2, 0.25) is 0 Å². The summed E-state index contributed by atoms with van der Waals surface area (Å²) in [6.45, 7) is 8.18. The predicted molar refractivity (Wildman–Crippen MR) is 61.5 cm³/mol. The first-order chi connectivity index (χ1) is 7.97. The van der Waals surface area contributed by atoms with Crippen molar-refractivity contribution in [1.29, 1.82) is 0 Å². The van der Waals surface area contributed by atoms with Crippen LogP contribution in [-0.4, -0.2) is 46.4 Å². The van der Waals surface area contributed by atoms with Gasteiger partial charge < -0.3 is 19.7 Å². The summed E-state index contributed by atoms with van der Waals surface area (Å²) >= 11 is 0. The molecule has 1 N–H and O–H groups in total.